The quantitative estimate of drug-likeness (QED) is 0.733. The molecule has 1 rings (SSSR count). The molecular formula is C13H28N2. The van der Waals surface area contributed by atoms with Gasteiger partial charge in [0.25, 0.3) is 0 Å². The third kappa shape index (κ3) is 3.18. The van der Waals surface area contributed by atoms with Crippen molar-refractivity contribution in [3.63, 3.8) is 0 Å². The Morgan fingerprint density at radius 2 is 2.13 bits per heavy atom. The molecule has 0 radical (unpaired) electrons. The fourth-order valence-electron chi connectivity index (χ4n) is 3.08. The van der Waals surface area contributed by atoms with E-state index < -0.39 is 0 Å². The van der Waals surface area contributed by atoms with E-state index in [1.165, 1.54) is 38.6 Å². The van der Waals surface area contributed by atoms with Crippen LogP contribution in [0.15, 0.2) is 0 Å². The van der Waals surface area contributed by atoms with Crippen molar-refractivity contribution < 1.29 is 0 Å². The molecule has 0 aliphatic carbocycles. The predicted octanol–water partition coefficient (Wildman–Crippen LogP) is 2.62. The maximum absolute atomic E-state index is 5.96. The van der Waals surface area contributed by atoms with Crippen molar-refractivity contribution >= 4 is 0 Å². The highest BCUT2D eigenvalue weighted by atomic mass is 15.2. The summed E-state index contributed by atoms with van der Waals surface area (Å²) in [4.78, 5) is 2.68. The Bertz CT molecular complexity index is 170. The van der Waals surface area contributed by atoms with Gasteiger partial charge in [0.05, 0.1) is 0 Å². The SMILES string of the molecule is CCCC(C)C(CN)N1CCCC1CC. The van der Waals surface area contributed by atoms with Crippen molar-refractivity contribution in [2.45, 2.75) is 65.0 Å². The van der Waals surface area contributed by atoms with Crippen molar-refractivity contribution in [1.29, 1.82) is 0 Å². The van der Waals surface area contributed by atoms with Crippen LogP contribution in [0.2, 0.25) is 0 Å². The van der Waals surface area contributed by atoms with E-state index in [1.54, 1.807) is 0 Å². The molecule has 1 aliphatic heterocycles. The first kappa shape index (κ1) is 13.0. The molecule has 90 valence electrons. The second-order valence-electron chi connectivity index (χ2n) is 5.01. The molecule has 1 fully saturated rings. The van der Waals surface area contributed by atoms with Crippen molar-refractivity contribution in [2.75, 3.05) is 13.1 Å². The highest BCUT2D eigenvalue weighted by molar-refractivity contribution is 4.87. The highest BCUT2D eigenvalue weighted by Crippen LogP contribution is 2.26. The summed E-state index contributed by atoms with van der Waals surface area (Å²) in [6.07, 6.45) is 6.63. The average Bonchev–Trinajstić information content (AvgIpc) is 2.67. The first-order valence-electron chi connectivity index (χ1n) is 6.70. The van der Waals surface area contributed by atoms with Crippen molar-refractivity contribution in [3.8, 4) is 0 Å². The van der Waals surface area contributed by atoms with E-state index >= 15 is 0 Å². The minimum Gasteiger partial charge on any atom is -0.329 e. The summed E-state index contributed by atoms with van der Waals surface area (Å²) in [5, 5.41) is 0. The number of hydrogen-bond donors (Lipinski definition) is 1. The molecule has 1 saturated heterocycles. The summed E-state index contributed by atoms with van der Waals surface area (Å²) >= 11 is 0. The van der Waals surface area contributed by atoms with Gasteiger partial charge in [-0.1, -0.05) is 27.2 Å². The third-order valence-electron chi connectivity index (χ3n) is 3.96. The maximum Gasteiger partial charge on any atom is 0.0246 e. The van der Waals surface area contributed by atoms with Crippen molar-refractivity contribution in [3.05, 3.63) is 0 Å². The lowest BCUT2D eigenvalue weighted by atomic mass is 9.94. The lowest BCUT2D eigenvalue weighted by Crippen LogP contribution is -2.47. The van der Waals surface area contributed by atoms with Gasteiger partial charge in [0.2, 0.25) is 0 Å². The summed E-state index contributed by atoms with van der Waals surface area (Å²) in [7, 11) is 0. The summed E-state index contributed by atoms with van der Waals surface area (Å²) in [6, 6.07) is 1.43. The molecule has 3 atom stereocenters. The Morgan fingerprint density at radius 3 is 2.67 bits per heavy atom. The smallest absolute Gasteiger partial charge is 0.0246 e. The monoisotopic (exact) mass is 212 g/mol. The van der Waals surface area contributed by atoms with Gasteiger partial charge < -0.3 is 5.73 Å². The summed E-state index contributed by atoms with van der Waals surface area (Å²) in [6.45, 7) is 9.05. The van der Waals surface area contributed by atoms with Crippen molar-refractivity contribution in [2.24, 2.45) is 11.7 Å². The van der Waals surface area contributed by atoms with E-state index in [2.05, 4.69) is 25.7 Å². The Morgan fingerprint density at radius 1 is 1.40 bits per heavy atom. The predicted molar refractivity (Wildman–Crippen MR) is 66.9 cm³/mol. The average molecular weight is 212 g/mol. The number of nitrogens with zero attached hydrogens (tertiary/aromatic N) is 1. The van der Waals surface area contributed by atoms with Crippen LogP contribution in [-0.4, -0.2) is 30.1 Å². The molecule has 0 spiro atoms. The molecule has 0 aromatic rings. The summed E-state index contributed by atoms with van der Waals surface area (Å²) in [5.74, 6) is 0.757. The molecule has 15 heavy (non-hydrogen) atoms. The van der Waals surface area contributed by atoms with E-state index in [4.69, 9.17) is 5.73 Å². The zero-order valence-corrected chi connectivity index (χ0v) is 10.7. The van der Waals surface area contributed by atoms with Crippen LogP contribution in [0.5, 0.6) is 0 Å². The number of nitrogens with two attached hydrogens (primary N) is 1. The molecule has 0 bridgehead atoms. The standard InChI is InChI=1S/C13H28N2/c1-4-7-11(3)13(10-14)15-9-6-8-12(15)5-2/h11-13H,4-10,14H2,1-3H3. The minimum absolute atomic E-state index is 0.623. The van der Waals surface area contributed by atoms with Crippen LogP contribution in [0.3, 0.4) is 0 Å². The van der Waals surface area contributed by atoms with Crippen LogP contribution in [-0.2, 0) is 0 Å². The van der Waals surface area contributed by atoms with E-state index in [-0.39, 0.29) is 0 Å². The Kier molecular flexibility index (Phi) is 5.62. The maximum atomic E-state index is 5.96. The number of likely N-dealkylation sites (tertiary alicyclic amines) is 1. The van der Waals surface area contributed by atoms with Gasteiger partial charge in [0.15, 0.2) is 0 Å². The fraction of sp³-hybridized carbons (Fsp3) is 1.00. The largest absolute Gasteiger partial charge is 0.329 e. The molecule has 2 heteroatoms. The fourth-order valence-corrected chi connectivity index (χ4v) is 3.08. The first-order chi connectivity index (χ1) is 7.24. The van der Waals surface area contributed by atoms with Crippen LogP contribution in [0, 0.1) is 5.92 Å². The Labute approximate surface area is 95.2 Å². The molecule has 0 amide bonds. The molecule has 0 saturated carbocycles. The zero-order valence-electron chi connectivity index (χ0n) is 10.7. The van der Waals surface area contributed by atoms with E-state index in [0.29, 0.717) is 6.04 Å². The first-order valence-corrected chi connectivity index (χ1v) is 6.70. The van der Waals surface area contributed by atoms with Crippen LogP contribution >= 0.6 is 0 Å². The second kappa shape index (κ2) is 6.49. The van der Waals surface area contributed by atoms with Gasteiger partial charge in [-0.05, 0) is 38.1 Å². The van der Waals surface area contributed by atoms with E-state index in [9.17, 15) is 0 Å². The molecule has 1 aliphatic rings. The van der Waals surface area contributed by atoms with Gasteiger partial charge in [-0.3, -0.25) is 4.90 Å². The second-order valence-corrected chi connectivity index (χ2v) is 5.01. The molecule has 2 nitrogen and oxygen atoms in total. The molecule has 0 aromatic carbocycles. The summed E-state index contributed by atoms with van der Waals surface area (Å²) < 4.78 is 0. The van der Waals surface area contributed by atoms with Gasteiger partial charge in [-0.15, -0.1) is 0 Å². The number of rotatable bonds is 6. The van der Waals surface area contributed by atoms with Crippen LogP contribution in [0.1, 0.15) is 52.9 Å². The van der Waals surface area contributed by atoms with Gasteiger partial charge in [0, 0.05) is 18.6 Å². The normalized spacial score (nSPS) is 26.8. The lowest BCUT2D eigenvalue weighted by molar-refractivity contribution is 0.131. The summed E-state index contributed by atoms with van der Waals surface area (Å²) in [5.41, 5.74) is 5.96. The minimum atomic E-state index is 0.623. The molecule has 1 heterocycles. The molecular weight excluding hydrogens is 184 g/mol. The lowest BCUT2D eigenvalue weighted by Gasteiger charge is -2.36. The van der Waals surface area contributed by atoms with Gasteiger partial charge in [0.1, 0.15) is 0 Å². The van der Waals surface area contributed by atoms with E-state index in [0.717, 1.165) is 18.5 Å². The van der Waals surface area contributed by atoms with Crippen LogP contribution in [0.25, 0.3) is 0 Å². The zero-order chi connectivity index (χ0) is 11.3. The highest BCUT2D eigenvalue weighted by Gasteiger charge is 2.31. The van der Waals surface area contributed by atoms with Gasteiger partial charge in [-0.25, -0.2) is 0 Å². The molecule has 0 aromatic heterocycles. The topological polar surface area (TPSA) is 29.3 Å². The van der Waals surface area contributed by atoms with Gasteiger partial charge in [-0.2, -0.15) is 0 Å². The van der Waals surface area contributed by atoms with Crippen LogP contribution < -0.4 is 5.73 Å². The third-order valence-corrected chi connectivity index (χ3v) is 3.96. The molecule has 3 unspecified atom stereocenters. The van der Waals surface area contributed by atoms with Crippen molar-refractivity contribution in [1.82, 2.24) is 4.90 Å². The Hall–Kier alpha value is -0.0800. The Balaban J connectivity index is 2.56. The van der Waals surface area contributed by atoms with Crippen LogP contribution in [0.4, 0.5) is 0 Å². The van der Waals surface area contributed by atoms with Gasteiger partial charge >= 0.3 is 0 Å². The number of hydrogen-bond acceptors (Lipinski definition) is 2. The van der Waals surface area contributed by atoms with E-state index in [1.807, 2.05) is 0 Å². The molecule has 2 N–H and O–H groups in total.